The third kappa shape index (κ3) is 4.23. The zero-order valence-corrected chi connectivity index (χ0v) is 9.44. The summed E-state index contributed by atoms with van der Waals surface area (Å²) >= 11 is 0. The van der Waals surface area contributed by atoms with E-state index in [1.807, 2.05) is 19.1 Å². The van der Waals surface area contributed by atoms with Crippen molar-refractivity contribution in [3.8, 4) is 0 Å². The van der Waals surface area contributed by atoms with Gasteiger partial charge in [-0.2, -0.15) is 0 Å². The van der Waals surface area contributed by atoms with Crippen LogP contribution in [0.15, 0.2) is 37.2 Å². The first-order valence-electron chi connectivity index (χ1n) is 5.25. The Labute approximate surface area is 95.8 Å². The van der Waals surface area contributed by atoms with Gasteiger partial charge in [-0.1, -0.05) is 12.1 Å². The van der Waals surface area contributed by atoms with Crippen LogP contribution in [0.3, 0.4) is 0 Å². The molecule has 0 bridgehead atoms. The van der Waals surface area contributed by atoms with Crippen LogP contribution >= 0.6 is 0 Å². The van der Waals surface area contributed by atoms with Crippen molar-refractivity contribution in [2.75, 3.05) is 13.1 Å². The summed E-state index contributed by atoms with van der Waals surface area (Å²) in [6.45, 7) is 6.43. The van der Waals surface area contributed by atoms with E-state index in [1.54, 1.807) is 18.5 Å². The highest BCUT2D eigenvalue weighted by atomic mass is 16.1. The molecule has 0 saturated heterocycles. The molecule has 1 rings (SSSR count). The van der Waals surface area contributed by atoms with E-state index in [2.05, 4.69) is 22.2 Å². The van der Waals surface area contributed by atoms with Crippen molar-refractivity contribution in [1.82, 2.24) is 15.6 Å². The quantitative estimate of drug-likeness (QED) is 0.555. The molecule has 0 spiro atoms. The van der Waals surface area contributed by atoms with Crippen LogP contribution in [0.1, 0.15) is 18.5 Å². The fourth-order valence-electron chi connectivity index (χ4n) is 1.30. The molecule has 2 N–H and O–H groups in total. The molecule has 1 atom stereocenters. The molecule has 0 fully saturated rings. The molecule has 86 valence electrons. The Morgan fingerprint density at radius 1 is 1.69 bits per heavy atom. The van der Waals surface area contributed by atoms with Crippen LogP contribution in [0.25, 0.3) is 0 Å². The molecule has 0 radical (unpaired) electrons. The van der Waals surface area contributed by atoms with Gasteiger partial charge in [-0.3, -0.25) is 9.78 Å². The topological polar surface area (TPSA) is 54.0 Å². The van der Waals surface area contributed by atoms with Gasteiger partial charge in [0.1, 0.15) is 0 Å². The SMILES string of the molecule is C=CCNCC(=O)NC(C)c1cccnc1. The molecule has 1 amide bonds. The van der Waals surface area contributed by atoms with Crippen LogP contribution in [0.4, 0.5) is 0 Å². The van der Waals surface area contributed by atoms with Gasteiger partial charge >= 0.3 is 0 Å². The van der Waals surface area contributed by atoms with Crippen LogP contribution in [0, 0.1) is 0 Å². The summed E-state index contributed by atoms with van der Waals surface area (Å²) in [5.74, 6) is -0.0294. The first kappa shape index (κ1) is 12.4. The highest BCUT2D eigenvalue weighted by Gasteiger charge is 2.08. The van der Waals surface area contributed by atoms with Gasteiger partial charge in [0.25, 0.3) is 0 Å². The summed E-state index contributed by atoms with van der Waals surface area (Å²) in [7, 11) is 0. The van der Waals surface area contributed by atoms with E-state index in [1.165, 1.54) is 0 Å². The molecule has 1 unspecified atom stereocenters. The molecule has 1 aromatic rings. The minimum atomic E-state index is -0.0294. The van der Waals surface area contributed by atoms with E-state index in [-0.39, 0.29) is 11.9 Å². The molecule has 4 nitrogen and oxygen atoms in total. The lowest BCUT2D eigenvalue weighted by Crippen LogP contribution is -2.35. The van der Waals surface area contributed by atoms with Gasteiger partial charge in [0.05, 0.1) is 12.6 Å². The van der Waals surface area contributed by atoms with Gasteiger partial charge in [-0.05, 0) is 18.6 Å². The second-order valence-corrected chi connectivity index (χ2v) is 3.50. The fourth-order valence-corrected chi connectivity index (χ4v) is 1.30. The molecular formula is C12H17N3O. The number of nitrogens with one attached hydrogen (secondary N) is 2. The Balaban J connectivity index is 2.36. The molecule has 0 aliphatic carbocycles. The number of hydrogen-bond donors (Lipinski definition) is 2. The van der Waals surface area contributed by atoms with Crippen LogP contribution in [-0.4, -0.2) is 24.0 Å². The maximum atomic E-state index is 11.5. The summed E-state index contributed by atoms with van der Waals surface area (Å²) in [6, 6.07) is 3.77. The second kappa shape index (κ2) is 6.74. The van der Waals surface area contributed by atoms with Gasteiger partial charge in [-0.15, -0.1) is 6.58 Å². The van der Waals surface area contributed by atoms with Crippen molar-refractivity contribution >= 4 is 5.91 Å². The number of pyridine rings is 1. The number of nitrogens with zero attached hydrogens (tertiary/aromatic N) is 1. The van der Waals surface area contributed by atoms with Crippen molar-refractivity contribution in [2.24, 2.45) is 0 Å². The molecule has 16 heavy (non-hydrogen) atoms. The lowest BCUT2D eigenvalue weighted by atomic mass is 10.1. The first-order chi connectivity index (χ1) is 7.74. The third-order valence-corrected chi connectivity index (χ3v) is 2.14. The monoisotopic (exact) mass is 219 g/mol. The summed E-state index contributed by atoms with van der Waals surface area (Å²) in [4.78, 5) is 15.5. The molecular weight excluding hydrogens is 202 g/mol. The van der Waals surface area contributed by atoms with Gasteiger partial charge in [0.2, 0.25) is 5.91 Å². The van der Waals surface area contributed by atoms with E-state index in [9.17, 15) is 4.79 Å². The summed E-state index contributed by atoms with van der Waals surface area (Å²) in [6.07, 6.45) is 5.18. The smallest absolute Gasteiger partial charge is 0.234 e. The van der Waals surface area contributed by atoms with Gasteiger partial charge < -0.3 is 10.6 Å². The summed E-state index contributed by atoms with van der Waals surface area (Å²) in [5, 5.41) is 5.83. The predicted molar refractivity (Wildman–Crippen MR) is 63.9 cm³/mol. The Bertz CT molecular complexity index is 337. The highest BCUT2D eigenvalue weighted by Crippen LogP contribution is 2.08. The van der Waals surface area contributed by atoms with Crippen molar-refractivity contribution in [2.45, 2.75) is 13.0 Å². The minimum Gasteiger partial charge on any atom is -0.348 e. The number of carbonyl (C=O) groups excluding carboxylic acids is 1. The lowest BCUT2D eigenvalue weighted by Gasteiger charge is -2.13. The van der Waals surface area contributed by atoms with Crippen LogP contribution in [0.5, 0.6) is 0 Å². The van der Waals surface area contributed by atoms with Gasteiger partial charge in [0, 0.05) is 18.9 Å². The average molecular weight is 219 g/mol. The van der Waals surface area contributed by atoms with Crippen LogP contribution in [0.2, 0.25) is 0 Å². The second-order valence-electron chi connectivity index (χ2n) is 3.50. The maximum Gasteiger partial charge on any atom is 0.234 e. The number of carbonyl (C=O) groups is 1. The lowest BCUT2D eigenvalue weighted by molar-refractivity contribution is -0.120. The third-order valence-electron chi connectivity index (χ3n) is 2.14. The zero-order chi connectivity index (χ0) is 11.8. The van der Waals surface area contributed by atoms with E-state index in [0.717, 1.165) is 5.56 Å². The molecule has 0 aliphatic heterocycles. The molecule has 1 aromatic heterocycles. The van der Waals surface area contributed by atoms with Crippen molar-refractivity contribution < 1.29 is 4.79 Å². The van der Waals surface area contributed by atoms with Crippen molar-refractivity contribution in [1.29, 1.82) is 0 Å². The zero-order valence-electron chi connectivity index (χ0n) is 9.44. The minimum absolute atomic E-state index is 0.0215. The van der Waals surface area contributed by atoms with E-state index in [0.29, 0.717) is 13.1 Å². The van der Waals surface area contributed by atoms with Crippen molar-refractivity contribution in [3.63, 3.8) is 0 Å². The molecule has 0 aliphatic rings. The standard InChI is InChI=1S/C12H17N3O/c1-3-6-13-9-12(16)15-10(2)11-5-4-7-14-8-11/h3-5,7-8,10,13H,1,6,9H2,2H3,(H,15,16). The summed E-state index contributed by atoms with van der Waals surface area (Å²) < 4.78 is 0. The largest absolute Gasteiger partial charge is 0.348 e. The Kier molecular flexibility index (Phi) is 5.22. The van der Waals surface area contributed by atoms with Crippen molar-refractivity contribution in [3.05, 3.63) is 42.7 Å². The molecule has 0 aromatic carbocycles. The fraction of sp³-hybridized carbons (Fsp3) is 0.333. The normalized spacial score (nSPS) is 11.8. The Hall–Kier alpha value is -1.68. The Morgan fingerprint density at radius 3 is 3.12 bits per heavy atom. The number of hydrogen-bond acceptors (Lipinski definition) is 3. The predicted octanol–water partition coefficient (Wildman–Crippen LogP) is 1.03. The van der Waals surface area contributed by atoms with E-state index in [4.69, 9.17) is 0 Å². The number of rotatable bonds is 6. The Morgan fingerprint density at radius 2 is 2.50 bits per heavy atom. The molecule has 0 saturated carbocycles. The summed E-state index contributed by atoms with van der Waals surface area (Å²) in [5.41, 5.74) is 1.000. The van der Waals surface area contributed by atoms with E-state index < -0.39 is 0 Å². The van der Waals surface area contributed by atoms with Gasteiger partial charge in [0.15, 0.2) is 0 Å². The number of aromatic nitrogens is 1. The maximum absolute atomic E-state index is 11.5. The highest BCUT2D eigenvalue weighted by molar-refractivity contribution is 5.78. The molecule has 4 heteroatoms. The average Bonchev–Trinajstić information content (AvgIpc) is 2.30. The number of amides is 1. The molecule has 1 heterocycles. The first-order valence-corrected chi connectivity index (χ1v) is 5.25. The van der Waals surface area contributed by atoms with E-state index >= 15 is 0 Å². The van der Waals surface area contributed by atoms with Crippen LogP contribution in [-0.2, 0) is 4.79 Å². The van der Waals surface area contributed by atoms with Crippen LogP contribution < -0.4 is 10.6 Å². The van der Waals surface area contributed by atoms with Gasteiger partial charge in [-0.25, -0.2) is 0 Å².